The number of halogens is 4. The lowest BCUT2D eigenvalue weighted by Crippen LogP contribution is -2.35. The summed E-state index contributed by atoms with van der Waals surface area (Å²) in [6.45, 7) is 3.82. The maximum atomic E-state index is 12.9. The number of piperidine rings is 1. The molecule has 2 aromatic rings. The molecule has 1 unspecified atom stereocenters. The summed E-state index contributed by atoms with van der Waals surface area (Å²) in [5.41, 5.74) is -0.956. The quantitative estimate of drug-likeness (QED) is 0.818. The lowest BCUT2D eigenvalue weighted by molar-refractivity contribution is -0.137. The number of carbonyl (C=O) groups excluding carboxylic acids is 1. The van der Waals surface area contributed by atoms with E-state index in [4.69, 9.17) is 11.6 Å². The number of benzene rings is 1. The van der Waals surface area contributed by atoms with Crippen LogP contribution in [-0.4, -0.2) is 29.0 Å². The fraction of sp³-hybridized carbons (Fsp3) is 0.389. The van der Waals surface area contributed by atoms with Crippen molar-refractivity contribution in [2.75, 3.05) is 23.3 Å². The van der Waals surface area contributed by atoms with Gasteiger partial charge < -0.3 is 10.2 Å². The summed E-state index contributed by atoms with van der Waals surface area (Å²) in [6.07, 6.45) is -1.08. The summed E-state index contributed by atoms with van der Waals surface area (Å²) in [4.78, 5) is 22.7. The summed E-state index contributed by atoms with van der Waals surface area (Å²) in [5, 5.41) is 2.41. The first-order valence-corrected chi connectivity index (χ1v) is 8.87. The van der Waals surface area contributed by atoms with Gasteiger partial charge in [0.2, 0.25) is 0 Å². The van der Waals surface area contributed by atoms with Gasteiger partial charge in [-0.15, -0.1) is 0 Å². The van der Waals surface area contributed by atoms with Crippen LogP contribution in [0.4, 0.5) is 24.7 Å². The van der Waals surface area contributed by atoms with Gasteiger partial charge in [0.25, 0.3) is 5.91 Å². The highest BCUT2D eigenvalue weighted by atomic mass is 35.5. The molecule has 1 amide bonds. The van der Waals surface area contributed by atoms with Gasteiger partial charge in [0, 0.05) is 19.2 Å². The van der Waals surface area contributed by atoms with E-state index in [1.165, 1.54) is 12.4 Å². The molecule has 1 aliphatic heterocycles. The number of alkyl halides is 3. The van der Waals surface area contributed by atoms with E-state index in [0.717, 1.165) is 44.1 Å². The highest BCUT2D eigenvalue weighted by Gasteiger charge is 2.31. The minimum atomic E-state index is -4.53. The number of nitrogens with zero attached hydrogens (tertiary/aromatic N) is 3. The lowest BCUT2D eigenvalue weighted by Gasteiger charge is -2.31. The first-order chi connectivity index (χ1) is 12.7. The van der Waals surface area contributed by atoms with E-state index in [-0.39, 0.29) is 16.4 Å². The molecule has 3 rings (SSSR count). The molecule has 1 fully saturated rings. The van der Waals surface area contributed by atoms with Crippen LogP contribution in [0.3, 0.4) is 0 Å². The van der Waals surface area contributed by atoms with E-state index in [2.05, 4.69) is 27.1 Å². The van der Waals surface area contributed by atoms with Crippen molar-refractivity contribution in [1.29, 1.82) is 0 Å². The van der Waals surface area contributed by atoms with Crippen molar-refractivity contribution < 1.29 is 18.0 Å². The van der Waals surface area contributed by atoms with E-state index in [1.807, 2.05) is 0 Å². The number of amides is 1. The normalized spacial score (nSPS) is 17.7. The predicted molar refractivity (Wildman–Crippen MR) is 97.1 cm³/mol. The van der Waals surface area contributed by atoms with E-state index in [1.54, 1.807) is 0 Å². The molecule has 0 bridgehead atoms. The smallest absolute Gasteiger partial charge is 0.356 e. The van der Waals surface area contributed by atoms with Crippen molar-refractivity contribution >= 4 is 29.0 Å². The zero-order valence-corrected chi connectivity index (χ0v) is 15.3. The van der Waals surface area contributed by atoms with Crippen molar-refractivity contribution in [2.24, 2.45) is 5.92 Å². The number of hydrogen-bond acceptors (Lipinski definition) is 4. The first-order valence-electron chi connectivity index (χ1n) is 8.49. The fourth-order valence-electron chi connectivity index (χ4n) is 3.03. The molecule has 1 aromatic carbocycles. The van der Waals surface area contributed by atoms with Gasteiger partial charge in [0.1, 0.15) is 17.8 Å². The van der Waals surface area contributed by atoms with E-state index in [0.29, 0.717) is 11.7 Å². The molecule has 0 spiro atoms. The van der Waals surface area contributed by atoms with Crippen molar-refractivity contribution in [3.63, 3.8) is 0 Å². The van der Waals surface area contributed by atoms with Crippen LogP contribution in [-0.2, 0) is 6.18 Å². The van der Waals surface area contributed by atoms with Gasteiger partial charge in [-0.3, -0.25) is 4.79 Å². The molecule has 1 atom stereocenters. The number of hydrogen-bond donors (Lipinski definition) is 1. The Kier molecular flexibility index (Phi) is 5.55. The Balaban J connectivity index is 1.80. The second-order valence-electron chi connectivity index (χ2n) is 6.60. The van der Waals surface area contributed by atoms with Gasteiger partial charge in [0.15, 0.2) is 0 Å². The van der Waals surface area contributed by atoms with Gasteiger partial charge >= 0.3 is 6.18 Å². The van der Waals surface area contributed by atoms with Crippen LogP contribution in [0.15, 0.2) is 30.6 Å². The molecule has 0 radical (unpaired) electrons. The van der Waals surface area contributed by atoms with Gasteiger partial charge in [-0.25, -0.2) is 9.97 Å². The molecule has 144 valence electrons. The molecule has 0 aliphatic carbocycles. The molecule has 1 N–H and O–H groups in total. The standard InChI is InChI=1S/C18H18ClF3N4O/c1-11-3-2-6-26(9-11)16-8-15(23-10-24-16)17(27)25-14-7-12(18(20,21)22)4-5-13(14)19/h4-5,7-8,10-11H,2-3,6,9H2,1H3,(H,25,27). The third-order valence-corrected chi connectivity index (χ3v) is 4.74. The maximum Gasteiger partial charge on any atom is 0.416 e. The predicted octanol–water partition coefficient (Wildman–Crippen LogP) is 4.64. The molecular weight excluding hydrogens is 381 g/mol. The summed E-state index contributed by atoms with van der Waals surface area (Å²) >= 11 is 5.92. The van der Waals surface area contributed by atoms with E-state index < -0.39 is 17.6 Å². The Morgan fingerprint density at radius 2 is 2.07 bits per heavy atom. The monoisotopic (exact) mass is 398 g/mol. The molecule has 1 aromatic heterocycles. The summed E-state index contributed by atoms with van der Waals surface area (Å²) in [6, 6.07) is 4.29. The minimum Gasteiger partial charge on any atom is -0.356 e. The Morgan fingerprint density at radius 1 is 1.30 bits per heavy atom. The van der Waals surface area contributed by atoms with Crippen LogP contribution in [0.1, 0.15) is 35.8 Å². The van der Waals surface area contributed by atoms with Crippen molar-refractivity contribution in [1.82, 2.24) is 9.97 Å². The molecule has 5 nitrogen and oxygen atoms in total. The molecule has 1 aliphatic rings. The van der Waals surface area contributed by atoms with Gasteiger partial charge in [-0.05, 0) is 37.0 Å². The number of rotatable bonds is 3. The van der Waals surface area contributed by atoms with Gasteiger partial charge in [0.05, 0.1) is 16.3 Å². The Labute approximate surface area is 159 Å². The number of anilines is 2. The van der Waals surface area contributed by atoms with Crippen LogP contribution in [0.5, 0.6) is 0 Å². The highest BCUT2D eigenvalue weighted by Crippen LogP contribution is 2.34. The third kappa shape index (κ3) is 4.68. The van der Waals surface area contributed by atoms with Gasteiger partial charge in [-0.1, -0.05) is 18.5 Å². The fourth-order valence-corrected chi connectivity index (χ4v) is 3.19. The van der Waals surface area contributed by atoms with Crippen LogP contribution in [0.25, 0.3) is 0 Å². The topological polar surface area (TPSA) is 58.1 Å². The third-order valence-electron chi connectivity index (χ3n) is 4.41. The average Bonchev–Trinajstić information content (AvgIpc) is 2.62. The average molecular weight is 399 g/mol. The zero-order chi connectivity index (χ0) is 19.6. The molecule has 2 heterocycles. The van der Waals surface area contributed by atoms with Crippen LogP contribution in [0.2, 0.25) is 5.02 Å². The Morgan fingerprint density at radius 3 is 2.78 bits per heavy atom. The highest BCUT2D eigenvalue weighted by molar-refractivity contribution is 6.33. The van der Waals surface area contributed by atoms with E-state index in [9.17, 15) is 18.0 Å². The summed E-state index contributed by atoms with van der Waals surface area (Å²) < 4.78 is 38.6. The Bertz CT molecular complexity index is 844. The molecule has 27 heavy (non-hydrogen) atoms. The number of nitrogens with one attached hydrogen (secondary N) is 1. The molecular formula is C18H18ClF3N4O. The maximum absolute atomic E-state index is 12.9. The van der Waals surface area contributed by atoms with Gasteiger partial charge in [-0.2, -0.15) is 13.2 Å². The molecule has 9 heteroatoms. The summed E-state index contributed by atoms with van der Waals surface area (Å²) in [7, 11) is 0. The molecule has 1 saturated heterocycles. The summed E-state index contributed by atoms with van der Waals surface area (Å²) in [5.74, 6) is 0.497. The van der Waals surface area contributed by atoms with Crippen LogP contribution < -0.4 is 10.2 Å². The number of aromatic nitrogens is 2. The second-order valence-corrected chi connectivity index (χ2v) is 7.01. The van der Waals surface area contributed by atoms with E-state index >= 15 is 0 Å². The number of carbonyl (C=O) groups is 1. The van der Waals surface area contributed by atoms with Crippen molar-refractivity contribution in [3.05, 3.63) is 46.9 Å². The largest absolute Gasteiger partial charge is 0.416 e. The molecule has 0 saturated carbocycles. The second kappa shape index (κ2) is 7.72. The minimum absolute atomic E-state index is 0.00971. The first kappa shape index (κ1) is 19.4. The Hall–Kier alpha value is -2.35. The lowest BCUT2D eigenvalue weighted by atomic mass is 10.0. The van der Waals surface area contributed by atoms with Crippen molar-refractivity contribution in [3.8, 4) is 0 Å². The van der Waals surface area contributed by atoms with Crippen LogP contribution in [0, 0.1) is 5.92 Å². The van der Waals surface area contributed by atoms with Crippen LogP contribution >= 0.6 is 11.6 Å². The SMILES string of the molecule is CC1CCCN(c2cc(C(=O)Nc3cc(C(F)(F)F)ccc3Cl)ncn2)C1. The zero-order valence-electron chi connectivity index (χ0n) is 14.6. The van der Waals surface area contributed by atoms with Crippen molar-refractivity contribution in [2.45, 2.75) is 25.9 Å².